The van der Waals surface area contributed by atoms with Gasteiger partial charge in [0.2, 0.25) is 9.23 Å². The fraction of sp³-hybridized carbons (Fsp3) is 0.339. The Bertz CT molecular complexity index is 2650. The summed E-state index contributed by atoms with van der Waals surface area (Å²) >= 11 is 5.45. The van der Waals surface area contributed by atoms with Crippen molar-refractivity contribution in [2.75, 3.05) is 0 Å². The number of esters is 3. The van der Waals surface area contributed by atoms with E-state index in [1.54, 1.807) is 69.3 Å². The zero-order valence-corrected chi connectivity index (χ0v) is 47.2. The van der Waals surface area contributed by atoms with Gasteiger partial charge in [0.1, 0.15) is 17.2 Å². The number of carbonyl (C=O) groups is 7. The normalized spacial score (nSPS) is 10.8. The van der Waals surface area contributed by atoms with Crippen molar-refractivity contribution in [3.8, 4) is 17.2 Å². The fourth-order valence-corrected chi connectivity index (χ4v) is 7.84. The van der Waals surface area contributed by atoms with Crippen LogP contribution in [0.25, 0.3) is 0 Å². The summed E-state index contributed by atoms with van der Waals surface area (Å²) in [7, 11) is 7.36. The van der Waals surface area contributed by atoms with Crippen molar-refractivity contribution < 1.29 is 57.1 Å². The number of amides is 2. The second kappa shape index (κ2) is 31.4. The quantitative estimate of drug-likeness (QED) is 0.0354. The third-order valence-corrected chi connectivity index (χ3v) is 11.0. The van der Waals surface area contributed by atoms with E-state index in [-0.39, 0.29) is 22.9 Å². The maximum atomic E-state index is 13.8. The smallest absolute Gasteiger partial charge is 0.336 e. The average molecular weight is 1100 g/mol. The van der Waals surface area contributed by atoms with Gasteiger partial charge in [0.25, 0.3) is 17.1 Å². The van der Waals surface area contributed by atoms with Crippen molar-refractivity contribution in [1.82, 2.24) is 10.4 Å². The molecule has 4 aromatic rings. The summed E-state index contributed by atoms with van der Waals surface area (Å²) in [5.74, 6) is -2.05. The lowest BCUT2D eigenvalue weighted by Gasteiger charge is -2.40. The van der Waals surface area contributed by atoms with E-state index in [9.17, 15) is 33.6 Å². The number of ether oxygens (including phenoxy) is 3. The number of allylic oxidation sites excluding steroid dienone is 3. The predicted octanol–water partition coefficient (Wildman–Crippen LogP) is 12.7. The molecule has 0 saturated carbocycles. The molecule has 0 aromatic heterocycles. The van der Waals surface area contributed by atoms with E-state index in [1.807, 2.05) is 32.0 Å². The second-order valence-corrected chi connectivity index (χ2v) is 20.7. The largest absolute Gasteiger partial charge is 0.478 e. The van der Waals surface area contributed by atoms with E-state index in [1.165, 1.54) is 31.8 Å². The molecule has 4 aromatic carbocycles. The summed E-state index contributed by atoms with van der Waals surface area (Å²) in [6.45, 7) is 32.1. The number of carbonyl (C=O) groups excluding carboxylic acids is 6. The van der Waals surface area contributed by atoms with Crippen LogP contribution >= 0.6 is 33.0 Å². The third kappa shape index (κ3) is 20.9. The molecule has 0 aliphatic carbocycles. The van der Waals surface area contributed by atoms with Gasteiger partial charge in [0, 0.05) is 75.5 Å². The SMILES string of the molecule is C=CCc1ccc(C(=O)Cl)c(C)c1OC(C)=O.C=CCc1ccc(C(=O)NN(C(=O)c2cc(C)cc(C)c2)[C@H](CCC)C(C)(C)C)c(C)c1OC(C)=O.C=CCc1ccc(C(=O)O)c(C)c1OC(C)=O.O=S(Cl)Cl. The Morgan fingerprint density at radius 1 is 0.662 bits per heavy atom. The first-order chi connectivity index (χ1) is 34.5. The van der Waals surface area contributed by atoms with Crippen LogP contribution in [0.15, 0.2) is 92.6 Å². The number of aryl methyl sites for hydroxylation is 2. The molecule has 0 saturated heterocycles. The topological polar surface area (TPSA) is 200 Å². The molecule has 0 radical (unpaired) electrons. The second-order valence-electron chi connectivity index (χ2n) is 17.9. The summed E-state index contributed by atoms with van der Waals surface area (Å²) in [4.78, 5) is 83.4. The van der Waals surface area contributed by atoms with Crippen LogP contribution in [-0.4, -0.2) is 61.3 Å². The van der Waals surface area contributed by atoms with E-state index in [0.717, 1.165) is 40.7 Å². The molecule has 14 nitrogen and oxygen atoms in total. The van der Waals surface area contributed by atoms with E-state index in [0.29, 0.717) is 69.9 Å². The zero-order valence-electron chi connectivity index (χ0n) is 44.1. The zero-order chi connectivity index (χ0) is 56.8. The van der Waals surface area contributed by atoms with Crippen LogP contribution in [-0.2, 0) is 42.9 Å². The molecular formula is C56H67Cl3N2O12S. The van der Waals surface area contributed by atoms with E-state index in [2.05, 4.69) is 74.2 Å². The summed E-state index contributed by atoms with van der Waals surface area (Å²) in [6.07, 6.45) is 8.21. The molecule has 0 spiro atoms. The van der Waals surface area contributed by atoms with Gasteiger partial charge in [0.05, 0.1) is 11.6 Å². The number of carboxylic acids is 1. The number of hydrazine groups is 1. The Morgan fingerprint density at radius 3 is 1.34 bits per heavy atom. The predicted molar refractivity (Wildman–Crippen MR) is 294 cm³/mol. The molecule has 0 aliphatic heterocycles. The van der Waals surface area contributed by atoms with Crippen LogP contribution in [0.3, 0.4) is 0 Å². The van der Waals surface area contributed by atoms with E-state index < -0.39 is 44.3 Å². The van der Waals surface area contributed by atoms with Crippen molar-refractivity contribution in [1.29, 1.82) is 0 Å². The molecule has 0 fully saturated rings. The molecule has 4 rings (SSSR count). The number of halogens is 3. The minimum Gasteiger partial charge on any atom is -0.478 e. The highest BCUT2D eigenvalue weighted by Crippen LogP contribution is 2.32. The first-order valence-corrected chi connectivity index (χ1v) is 26.3. The maximum absolute atomic E-state index is 13.8. The number of nitrogens with one attached hydrogen (secondary N) is 1. The van der Waals surface area contributed by atoms with Crippen LogP contribution in [0.2, 0.25) is 0 Å². The molecule has 0 heterocycles. The van der Waals surface area contributed by atoms with Crippen molar-refractivity contribution in [3.05, 3.63) is 159 Å². The highest BCUT2D eigenvalue weighted by atomic mass is 36.0. The highest BCUT2D eigenvalue weighted by Gasteiger charge is 2.35. The molecule has 0 unspecified atom stereocenters. The summed E-state index contributed by atoms with van der Waals surface area (Å²) in [6, 6.07) is 15.4. The Labute approximate surface area is 451 Å². The van der Waals surface area contributed by atoms with Crippen molar-refractivity contribution >= 4 is 83.1 Å². The van der Waals surface area contributed by atoms with Gasteiger partial charge in [-0.3, -0.25) is 34.2 Å². The van der Waals surface area contributed by atoms with Gasteiger partial charge in [-0.1, -0.05) is 87.7 Å². The van der Waals surface area contributed by atoms with Gasteiger partial charge < -0.3 is 19.3 Å². The molecule has 2 amide bonds. The Hall–Kier alpha value is -6.39. The van der Waals surface area contributed by atoms with Crippen LogP contribution in [0.4, 0.5) is 0 Å². The Balaban J connectivity index is 0.000000597. The average Bonchev–Trinajstić information content (AvgIpc) is 3.27. The van der Waals surface area contributed by atoms with Crippen molar-refractivity contribution in [2.24, 2.45) is 5.41 Å². The fourth-order valence-electron chi connectivity index (χ4n) is 7.64. The van der Waals surface area contributed by atoms with Crippen LogP contribution < -0.4 is 19.6 Å². The summed E-state index contributed by atoms with van der Waals surface area (Å²) in [5.41, 5.74) is 9.78. The number of carboxylic acid groups (broad SMARTS) is 1. The number of nitrogens with zero attached hydrogens (tertiary/aromatic N) is 1. The minimum atomic E-state index is -1.67. The number of hydrogen-bond acceptors (Lipinski definition) is 11. The van der Waals surface area contributed by atoms with E-state index in [4.69, 9.17) is 35.1 Å². The van der Waals surface area contributed by atoms with Crippen LogP contribution in [0, 0.1) is 40.0 Å². The lowest BCUT2D eigenvalue weighted by atomic mass is 9.83. The number of rotatable bonds is 16. The first-order valence-electron chi connectivity index (χ1n) is 23.1. The summed E-state index contributed by atoms with van der Waals surface area (Å²) < 4.78 is 24.7. The Morgan fingerprint density at radius 2 is 1.01 bits per heavy atom. The lowest BCUT2D eigenvalue weighted by Crippen LogP contribution is -2.56. The molecule has 400 valence electrons. The van der Waals surface area contributed by atoms with E-state index >= 15 is 0 Å². The Kier molecular flexibility index (Phi) is 27.8. The number of aromatic carboxylic acids is 1. The lowest BCUT2D eigenvalue weighted by molar-refractivity contribution is -0.132. The van der Waals surface area contributed by atoms with Crippen molar-refractivity contribution in [2.45, 2.75) is 121 Å². The van der Waals surface area contributed by atoms with Crippen molar-refractivity contribution in [3.63, 3.8) is 0 Å². The van der Waals surface area contributed by atoms with Gasteiger partial charge in [-0.25, -0.2) is 14.0 Å². The molecule has 0 bridgehead atoms. The first kappa shape index (κ1) is 65.6. The van der Waals surface area contributed by atoms with Gasteiger partial charge >= 0.3 is 23.9 Å². The van der Waals surface area contributed by atoms with Gasteiger partial charge in [0.15, 0.2) is 0 Å². The highest BCUT2D eigenvalue weighted by molar-refractivity contribution is 8.26. The van der Waals surface area contributed by atoms with Gasteiger partial charge in [-0.15, -0.1) is 19.7 Å². The standard InChI is InChI=1S/C30H40N2O4.C13H13ClO3.C13H14O4.Cl2OS/c1-10-12-23-14-15-25(21(5)27(23)36-22(6)33)28(34)31-32(26(13-11-2)30(7,8)9)29(35)24-17-19(3)16-20(4)18-24;1-4-5-10-6-7-11(13(14)16)8(2)12(10)17-9(3)15;1-4-5-10-6-7-11(13(15)16)8(2)12(10)17-9(3)14;1-4(2)3/h10,14-18,26H,1,11-13H2,2-9H3,(H,31,34);4,6-7H,1,5H2,2-3H3;4,6-7H,1,5H2,2-3H3,(H,15,16);/t26-;;;/m1.../s1. The molecule has 1 atom stereocenters. The monoisotopic (exact) mass is 1100 g/mol. The number of benzene rings is 4. The van der Waals surface area contributed by atoms with Gasteiger partial charge in [-0.05, 0) is 124 Å². The molecule has 74 heavy (non-hydrogen) atoms. The summed E-state index contributed by atoms with van der Waals surface area (Å²) in [5, 5.41) is 9.90. The van der Waals surface area contributed by atoms with Crippen LogP contribution in [0.5, 0.6) is 17.2 Å². The van der Waals surface area contributed by atoms with Crippen LogP contribution in [0.1, 0.15) is 147 Å². The van der Waals surface area contributed by atoms with Gasteiger partial charge in [-0.2, -0.15) is 0 Å². The molecule has 0 aliphatic rings. The molecule has 2 N–H and O–H groups in total. The minimum absolute atomic E-state index is 0.133. The maximum Gasteiger partial charge on any atom is 0.336 e. The number of hydrogen-bond donors (Lipinski definition) is 2. The molecular weight excluding hydrogens is 1030 g/mol. The third-order valence-electron chi connectivity index (χ3n) is 10.8. The molecule has 18 heteroatoms.